The number of Topliss-reactive ketones (excluding diaryl/α,β-unsaturated/α-hetero) is 1. The Labute approximate surface area is 204 Å². The van der Waals surface area contributed by atoms with E-state index in [1.165, 1.54) is 26.2 Å². The number of carbonyl (C=O) groups excluding carboxylic acids is 2. The number of halogens is 1. The average molecular weight is 489 g/mol. The molecule has 1 atom stereocenters. The van der Waals surface area contributed by atoms with Crippen LogP contribution in [0.1, 0.15) is 23.6 Å². The zero-order chi connectivity index (χ0) is 25.0. The van der Waals surface area contributed by atoms with Gasteiger partial charge in [-0.2, -0.15) is 0 Å². The predicted octanol–water partition coefficient (Wildman–Crippen LogP) is 3.74. The van der Waals surface area contributed by atoms with E-state index in [9.17, 15) is 14.7 Å². The lowest BCUT2D eigenvalue weighted by atomic mass is 9.94. The largest absolute Gasteiger partial charge is 0.507 e. The molecule has 0 radical (unpaired) electrons. The molecule has 1 saturated heterocycles. The lowest BCUT2D eigenvalue weighted by molar-refractivity contribution is -0.139. The molecule has 3 rings (SSSR count). The summed E-state index contributed by atoms with van der Waals surface area (Å²) in [5.41, 5.74) is 0.925. The molecular formula is C25H29ClN2O6. The summed E-state index contributed by atoms with van der Waals surface area (Å²) in [6.07, 6.45) is 0.641. The van der Waals surface area contributed by atoms with Gasteiger partial charge in [0.25, 0.3) is 11.7 Å². The summed E-state index contributed by atoms with van der Waals surface area (Å²) in [6, 6.07) is 8.95. The molecule has 0 spiro atoms. The molecule has 0 saturated carbocycles. The average Bonchev–Trinajstić information content (AvgIpc) is 3.07. The number of likely N-dealkylation sites (tertiary alicyclic amines) is 1. The van der Waals surface area contributed by atoms with Crippen LogP contribution in [-0.2, 0) is 9.59 Å². The summed E-state index contributed by atoms with van der Waals surface area (Å²) < 4.78 is 16.4. The number of benzene rings is 2. The number of aliphatic hydroxyl groups excluding tert-OH is 1. The molecule has 1 amide bonds. The molecule has 0 aromatic heterocycles. The number of amides is 1. The minimum absolute atomic E-state index is 0.00792. The van der Waals surface area contributed by atoms with Crippen LogP contribution in [0.5, 0.6) is 17.2 Å². The maximum absolute atomic E-state index is 13.2. The SMILES string of the molecule is COc1cc([C@H]2C(=C(O)c3ccc(Cl)cc3)C(=O)C(=O)N2CCCN(C)C)cc(OC)c1OC. The van der Waals surface area contributed by atoms with E-state index in [-0.39, 0.29) is 11.3 Å². The van der Waals surface area contributed by atoms with Crippen LogP contribution >= 0.6 is 11.6 Å². The number of hydrogen-bond acceptors (Lipinski definition) is 7. The number of ketones is 1. The number of carbonyl (C=O) groups is 2. The Morgan fingerprint density at radius 1 is 1.03 bits per heavy atom. The molecule has 34 heavy (non-hydrogen) atoms. The maximum atomic E-state index is 13.2. The maximum Gasteiger partial charge on any atom is 0.295 e. The lowest BCUT2D eigenvalue weighted by Crippen LogP contribution is -2.32. The summed E-state index contributed by atoms with van der Waals surface area (Å²) >= 11 is 5.98. The smallest absolute Gasteiger partial charge is 0.295 e. The quantitative estimate of drug-likeness (QED) is 0.327. The molecule has 9 heteroatoms. The molecule has 182 valence electrons. The second-order valence-electron chi connectivity index (χ2n) is 8.11. The molecule has 2 aromatic carbocycles. The number of rotatable bonds is 9. The number of ether oxygens (including phenoxy) is 3. The zero-order valence-electron chi connectivity index (χ0n) is 19.9. The van der Waals surface area contributed by atoms with Gasteiger partial charge in [-0.25, -0.2) is 0 Å². The Kier molecular flexibility index (Phi) is 8.06. The van der Waals surface area contributed by atoms with Gasteiger partial charge in [-0.05, 0) is 69.0 Å². The molecule has 1 aliphatic heterocycles. The van der Waals surface area contributed by atoms with Crippen molar-refractivity contribution in [2.45, 2.75) is 12.5 Å². The van der Waals surface area contributed by atoms with E-state index in [0.717, 1.165) is 6.54 Å². The highest BCUT2D eigenvalue weighted by Gasteiger charge is 2.46. The van der Waals surface area contributed by atoms with Gasteiger partial charge in [0.1, 0.15) is 5.76 Å². The van der Waals surface area contributed by atoms with E-state index in [1.807, 2.05) is 19.0 Å². The van der Waals surface area contributed by atoms with Crippen molar-refractivity contribution in [1.29, 1.82) is 0 Å². The van der Waals surface area contributed by atoms with Crippen LogP contribution in [0.4, 0.5) is 0 Å². The summed E-state index contributed by atoms with van der Waals surface area (Å²) in [4.78, 5) is 29.8. The minimum atomic E-state index is -0.841. The second kappa shape index (κ2) is 10.8. The normalized spacial score (nSPS) is 17.4. The van der Waals surface area contributed by atoms with E-state index < -0.39 is 17.7 Å². The molecule has 1 heterocycles. The van der Waals surface area contributed by atoms with E-state index >= 15 is 0 Å². The van der Waals surface area contributed by atoms with Gasteiger partial charge >= 0.3 is 0 Å². The van der Waals surface area contributed by atoms with Crippen molar-refractivity contribution in [2.75, 3.05) is 48.5 Å². The van der Waals surface area contributed by atoms with Crippen LogP contribution < -0.4 is 14.2 Å². The van der Waals surface area contributed by atoms with Gasteiger partial charge in [0, 0.05) is 17.1 Å². The summed E-state index contributed by atoms with van der Waals surface area (Å²) in [5.74, 6) is -0.562. The van der Waals surface area contributed by atoms with Gasteiger partial charge in [-0.1, -0.05) is 11.6 Å². The molecule has 8 nitrogen and oxygen atoms in total. The topological polar surface area (TPSA) is 88.5 Å². The highest BCUT2D eigenvalue weighted by Crippen LogP contribution is 2.45. The third-order valence-corrected chi connectivity index (χ3v) is 5.92. The number of nitrogens with zero attached hydrogens (tertiary/aromatic N) is 2. The molecule has 0 bridgehead atoms. The van der Waals surface area contributed by atoms with E-state index in [4.69, 9.17) is 25.8 Å². The standard InChI is InChI=1S/C25H29ClN2O6/c1-27(2)11-6-12-28-21(16-13-18(32-3)24(34-5)19(14-16)33-4)20(23(30)25(28)31)22(29)15-7-9-17(26)10-8-15/h7-10,13-14,21,29H,6,11-12H2,1-5H3/t21-/m0/s1. The molecule has 2 aromatic rings. The van der Waals surface area contributed by atoms with Gasteiger partial charge in [0.2, 0.25) is 5.75 Å². The van der Waals surface area contributed by atoms with Crippen molar-refractivity contribution in [3.63, 3.8) is 0 Å². The number of hydrogen-bond donors (Lipinski definition) is 1. The Morgan fingerprint density at radius 3 is 2.12 bits per heavy atom. The van der Waals surface area contributed by atoms with Crippen LogP contribution in [0.25, 0.3) is 5.76 Å². The van der Waals surface area contributed by atoms with Gasteiger partial charge in [0.05, 0.1) is 32.9 Å². The molecular weight excluding hydrogens is 460 g/mol. The van der Waals surface area contributed by atoms with E-state index in [1.54, 1.807) is 36.4 Å². The van der Waals surface area contributed by atoms with Crippen molar-refractivity contribution in [3.8, 4) is 17.2 Å². The summed E-state index contributed by atoms with van der Waals surface area (Å²) in [7, 11) is 8.34. The number of methoxy groups -OCH3 is 3. The van der Waals surface area contributed by atoms with Gasteiger partial charge < -0.3 is 29.1 Å². The zero-order valence-corrected chi connectivity index (χ0v) is 20.7. The van der Waals surface area contributed by atoms with Crippen LogP contribution in [0.3, 0.4) is 0 Å². The Hall–Kier alpha value is -3.23. The Morgan fingerprint density at radius 2 is 1.62 bits per heavy atom. The van der Waals surface area contributed by atoms with E-state index in [0.29, 0.717) is 46.4 Å². The van der Waals surface area contributed by atoms with Gasteiger partial charge in [0.15, 0.2) is 11.5 Å². The van der Waals surface area contributed by atoms with Crippen LogP contribution in [-0.4, -0.2) is 75.1 Å². The van der Waals surface area contributed by atoms with Crippen molar-refractivity contribution in [1.82, 2.24) is 9.80 Å². The first-order chi connectivity index (χ1) is 16.2. The lowest BCUT2D eigenvalue weighted by Gasteiger charge is -2.27. The van der Waals surface area contributed by atoms with Crippen molar-refractivity contribution < 1.29 is 28.9 Å². The fraction of sp³-hybridized carbons (Fsp3) is 0.360. The molecule has 0 aliphatic carbocycles. The van der Waals surface area contributed by atoms with Gasteiger partial charge in [-0.15, -0.1) is 0 Å². The van der Waals surface area contributed by atoms with E-state index in [2.05, 4.69) is 0 Å². The highest BCUT2D eigenvalue weighted by molar-refractivity contribution is 6.46. The molecule has 0 unspecified atom stereocenters. The first-order valence-corrected chi connectivity index (χ1v) is 11.1. The molecule has 1 fully saturated rings. The van der Waals surface area contributed by atoms with Crippen molar-refractivity contribution in [3.05, 3.63) is 58.1 Å². The summed E-state index contributed by atoms with van der Waals surface area (Å²) in [6.45, 7) is 1.05. The van der Waals surface area contributed by atoms with Crippen LogP contribution in [0.15, 0.2) is 42.0 Å². The van der Waals surface area contributed by atoms with Crippen LogP contribution in [0.2, 0.25) is 5.02 Å². The van der Waals surface area contributed by atoms with Crippen molar-refractivity contribution >= 4 is 29.1 Å². The fourth-order valence-corrected chi connectivity index (χ4v) is 4.16. The van der Waals surface area contributed by atoms with Crippen LogP contribution in [0, 0.1) is 0 Å². The summed E-state index contributed by atoms with van der Waals surface area (Å²) in [5, 5.41) is 11.6. The van der Waals surface area contributed by atoms with Gasteiger partial charge in [-0.3, -0.25) is 9.59 Å². The number of aliphatic hydroxyl groups is 1. The predicted molar refractivity (Wildman–Crippen MR) is 130 cm³/mol. The Bertz CT molecular complexity index is 1070. The first-order valence-electron chi connectivity index (χ1n) is 10.7. The molecule has 1 N–H and O–H groups in total. The minimum Gasteiger partial charge on any atom is -0.507 e. The van der Waals surface area contributed by atoms with Crippen molar-refractivity contribution in [2.24, 2.45) is 0 Å². The third-order valence-electron chi connectivity index (χ3n) is 5.66. The third kappa shape index (κ3) is 4.98. The first kappa shape index (κ1) is 25.4. The monoisotopic (exact) mass is 488 g/mol. The highest BCUT2D eigenvalue weighted by atomic mass is 35.5. The second-order valence-corrected chi connectivity index (χ2v) is 8.55. The Balaban J connectivity index is 2.21. The molecule has 1 aliphatic rings. The fourth-order valence-electron chi connectivity index (χ4n) is 4.04.